The predicted molar refractivity (Wildman–Crippen MR) is 174 cm³/mol. The van der Waals surface area contributed by atoms with E-state index < -0.39 is 23.8 Å². The Kier molecular flexibility index (Phi) is 15.0. The fourth-order valence-electron chi connectivity index (χ4n) is 5.10. The van der Waals surface area contributed by atoms with Crippen LogP contribution in [0.25, 0.3) is 0 Å². The van der Waals surface area contributed by atoms with Gasteiger partial charge in [0.05, 0.1) is 25.0 Å². The lowest BCUT2D eigenvalue weighted by Crippen LogP contribution is -2.48. The average Bonchev–Trinajstić information content (AvgIpc) is 3.44. The number of furan rings is 1. The third-order valence-corrected chi connectivity index (χ3v) is 7.10. The van der Waals surface area contributed by atoms with Crippen molar-refractivity contribution < 1.29 is 23.1 Å². The summed E-state index contributed by atoms with van der Waals surface area (Å²) in [6.45, 7) is 5.95. The van der Waals surface area contributed by atoms with Crippen molar-refractivity contribution in [3.63, 3.8) is 0 Å². The summed E-state index contributed by atoms with van der Waals surface area (Å²) >= 11 is 0. The molecule has 1 heterocycles. The third-order valence-electron chi connectivity index (χ3n) is 7.10. The number of amides is 1. The van der Waals surface area contributed by atoms with Crippen molar-refractivity contribution in [1.29, 1.82) is 0 Å². The van der Waals surface area contributed by atoms with Crippen LogP contribution in [0.3, 0.4) is 0 Å². The second kappa shape index (κ2) is 17.9. The fraction of sp³-hybridized carbons (Fsp3) is 0.324. The molecule has 0 spiro atoms. The van der Waals surface area contributed by atoms with Gasteiger partial charge in [0.2, 0.25) is 0 Å². The van der Waals surface area contributed by atoms with E-state index in [9.17, 15) is 18.7 Å². The van der Waals surface area contributed by atoms with Crippen LogP contribution >= 0.6 is 24.8 Å². The Morgan fingerprint density at radius 3 is 2.32 bits per heavy atom. The molecule has 4 rings (SSSR count). The Morgan fingerprint density at radius 2 is 1.64 bits per heavy atom. The van der Waals surface area contributed by atoms with Crippen LogP contribution < -0.4 is 10.6 Å². The summed E-state index contributed by atoms with van der Waals surface area (Å²) in [7, 11) is 1.97. The molecule has 3 aromatic carbocycles. The van der Waals surface area contributed by atoms with Crippen LogP contribution in [-0.2, 0) is 32.5 Å². The lowest BCUT2D eigenvalue weighted by atomic mass is 9.99. The molecule has 2 atom stereocenters. The number of halogens is 4. The van der Waals surface area contributed by atoms with E-state index in [1.54, 1.807) is 12.3 Å². The van der Waals surface area contributed by atoms with Gasteiger partial charge < -0.3 is 20.2 Å². The van der Waals surface area contributed by atoms with Crippen LogP contribution in [0.5, 0.6) is 0 Å². The molecule has 238 valence electrons. The first-order valence-electron chi connectivity index (χ1n) is 14.2. The summed E-state index contributed by atoms with van der Waals surface area (Å²) in [5.74, 6) is -0.938. The normalized spacial score (nSPS) is 12.2. The summed E-state index contributed by atoms with van der Waals surface area (Å²) in [6, 6.07) is 20.0. The number of hydrogen-bond donors (Lipinski definition) is 3. The van der Waals surface area contributed by atoms with Crippen LogP contribution in [0.1, 0.15) is 50.9 Å². The molecule has 0 bridgehead atoms. The smallest absolute Gasteiger partial charge is 0.251 e. The topological polar surface area (TPSA) is 77.7 Å². The number of rotatable bonds is 14. The van der Waals surface area contributed by atoms with E-state index in [0.717, 1.165) is 34.9 Å². The number of aliphatic hydroxyl groups excluding tert-OH is 1. The van der Waals surface area contributed by atoms with Crippen molar-refractivity contribution in [2.24, 2.45) is 0 Å². The van der Waals surface area contributed by atoms with E-state index in [0.29, 0.717) is 30.8 Å². The summed E-state index contributed by atoms with van der Waals surface area (Å²) in [4.78, 5) is 15.6. The SMILES string of the molecule is CCc1cccc(CNCC(O)C(Cc2cc(F)cc(F)c2)NC(=O)c2cc(C)cc(CN(C)Cc3ccco3)c2)c1.Cl.Cl. The van der Waals surface area contributed by atoms with Crippen LogP contribution in [-0.4, -0.2) is 41.7 Å². The van der Waals surface area contributed by atoms with E-state index in [1.807, 2.05) is 50.4 Å². The van der Waals surface area contributed by atoms with E-state index >= 15 is 0 Å². The number of nitrogens with one attached hydrogen (secondary N) is 2. The molecule has 0 saturated carbocycles. The van der Waals surface area contributed by atoms with Gasteiger partial charge in [0.1, 0.15) is 17.4 Å². The Balaban J connectivity index is 0.00000337. The summed E-state index contributed by atoms with van der Waals surface area (Å²) in [5, 5.41) is 17.3. The lowest BCUT2D eigenvalue weighted by Gasteiger charge is -2.25. The van der Waals surface area contributed by atoms with Crippen LogP contribution in [0, 0.1) is 18.6 Å². The molecule has 1 aromatic heterocycles. The second-order valence-corrected chi connectivity index (χ2v) is 10.9. The molecule has 0 aliphatic heterocycles. The Bertz CT molecular complexity index is 1450. The summed E-state index contributed by atoms with van der Waals surface area (Å²) < 4.78 is 33.4. The Hall–Kier alpha value is -3.27. The molecule has 2 unspecified atom stereocenters. The minimum absolute atomic E-state index is 0. The number of nitrogens with zero attached hydrogens (tertiary/aromatic N) is 1. The zero-order valence-corrected chi connectivity index (χ0v) is 26.8. The second-order valence-electron chi connectivity index (χ2n) is 10.9. The molecule has 0 aliphatic carbocycles. The molecule has 0 fully saturated rings. The van der Waals surface area contributed by atoms with Crippen LogP contribution in [0.15, 0.2) is 83.5 Å². The minimum atomic E-state index is -1.02. The first-order valence-corrected chi connectivity index (χ1v) is 14.2. The highest BCUT2D eigenvalue weighted by Crippen LogP contribution is 2.16. The van der Waals surface area contributed by atoms with E-state index in [1.165, 1.54) is 17.7 Å². The van der Waals surface area contributed by atoms with Gasteiger partial charge in [0, 0.05) is 31.3 Å². The number of hydrogen-bond acceptors (Lipinski definition) is 5. The molecular formula is C34H41Cl2F2N3O3. The molecule has 6 nitrogen and oxygen atoms in total. The van der Waals surface area contributed by atoms with Gasteiger partial charge in [-0.3, -0.25) is 9.69 Å². The number of aryl methyl sites for hydroxylation is 2. The molecule has 4 aromatic rings. The molecule has 0 saturated heterocycles. The van der Waals surface area contributed by atoms with Gasteiger partial charge in [-0.25, -0.2) is 8.78 Å². The van der Waals surface area contributed by atoms with Crippen molar-refractivity contribution in [1.82, 2.24) is 15.5 Å². The van der Waals surface area contributed by atoms with Gasteiger partial charge in [0.25, 0.3) is 5.91 Å². The third kappa shape index (κ3) is 11.3. The minimum Gasteiger partial charge on any atom is -0.468 e. The highest BCUT2D eigenvalue weighted by molar-refractivity contribution is 5.94. The van der Waals surface area contributed by atoms with Crippen molar-refractivity contribution in [3.05, 3.63) is 130 Å². The maximum Gasteiger partial charge on any atom is 0.251 e. The van der Waals surface area contributed by atoms with Gasteiger partial charge in [-0.05, 0) is 85.5 Å². The van der Waals surface area contributed by atoms with Crippen molar-refractivity contribution in [2.75, 3.05) is 13.6 Å². The van der Waals surface area contributed by atoms with Gasteiger partial charge in [0.15, 0.2) is 0 Å². The number of carbonyl (C=O) groups is 1. The number of aliphatic hydroxyl groups is 1. The van der Waals surface area contributed by atoms with E-state index in [-0.39, 0.29) is 43.7 Å². The Morgan fingerprint density at radius 1 is 0.909 bits per heavy atom. The molecule has 1 amide bonds. The molecule has 10 heteroatoms. The van der Waals surface area contributed by atoms with Crippen molar-refractivity contribution in [2.45, 2.75) is 58.5 Å². The molecule has 0 aliphatic rings. The zero-order valence-electron chi connectivity index (χ0n) is 25.2. The Labute approximate surface area is 270 Å². The predicted octanol–water partition coefficient (Wildman–Crippen LogP) is 6.40. The van der Waals surface area contributed by atoms with Crippen molar-refractivity contribution >= 4 is 30.7 Å². The van der Waals surface area contributed by atoms with Gasteiger partial charge in [-0.1, -0.05) is 42.8 Å². The van der Waals surface area contributed by atoms with Crippen LogP contribution in [0.4, 0.5) is 8.78 Å². The standard InChI is InChI=1S/C34H39F2N3O3.2ClH/c1-4-24-7-5-8-25(13-24)19-37-20-33(40)32(17-26-15-29(35)18-30(36)16-26)38-34(41)28-12-23(2)11-27(14-28)21-39(3)22-31-9-6-10-42-31;;/h5-16,18,32-33,37,40H,4,17,19-22H2,1-3H3,(H,38,41);2*1H. The largest absolute Gasteiger partial charge is 0.468 e. The van der Waals surface area contributed by atoms with Gasteiger partial charge >= 0.3 is 0 Å². The molecule has 3 N–H and O–H groups in total. The maximum absolute atomic E-state index is 14.0. The van der Waals surface area contributed by atoms with Crippen molar-refractivity contribution in [3.8, 4) is 0 Å². The maximum atomic E-state index is 14.0. The van der Waals surface area contributed by atoms with Gasteiger partial charge in [-0.15, -0.1) is 24.8 Å². The zero-order chi connectivity index (χ0) is 30.1. The molecule has 44 heavy (non-hydrogen) atoms. The highest BCUT2D eigenvalue weighted by Gasteiger charge is 2.23. The first-order chi connectivity index (χ1) is 20.2. The molecular weight excluding hydrogens is 607 g/mol. The summed E-state index contributed by atoms with van der Waals surface area (Å²) in [6.07, 6.45) is 1.61. The molecule has 0 radical (unpaired) electrons. The van der Waals surface area contributed by atoms with E-state index in [4.69, 9.17) is 4.42 Å². The lowest BCUT2D eigenvalue weighted by molar-refractivity contribution is 0.0829. The number of carbonyl (C=O) groups excluding carboxylic acids is 1. The first kappa shape index (κ1) is 36.9. The van der Waals surface area contributed by atoms with Crippen LogP contribution in [0.2, 0.25) is 0 Å². The number of benzene rings is 3. The van der Waals surface area contributed by atoms with Gasteiger partial charge in [-0.2, -0.15) is 0 Å². The quantitative estimate of drug-likeness (QED) is 0.148. The summed E-state index contributed by atoms with van der Waals surface area (Å²) in [5.41, 5.74) is 4.97. The fourth-order valence-corrected chi connectivity index (χ4v) is 5.10. The monoisotopic (exact) mass is 647 g/mol. The highest BCUT2D eigenvalue weighted by atomic mass is 35.5. The average molecular weight is 649 g/mol. The van der Waals surface area contributed by atoms with E-state index in [2.05, 4.69) is 34.6 Å².